The maximum atomic E-state index is 11.6. The van der Waals surface area contributed by atoms with Gasteiger partial charge in [0.2, 0.25) is 0 Å². The van der Waals surface area contributed by atoms with E-state index in [1.54, 1.807) is 6.92 Å². The van der Waals surface area contributed by atoms with Crippen molar-refractivity contribution in [3.05, 3.63) is 42.1 Å². The summed E-state index contributed by atoms with van der Waals surface area (Å²) in [7, 11) is 0. The van der Waals surface area contributed by atoms with Gasteiger partial charge in [0.15, 0.2) is 0 Å². The van der Waals surface area contributed by atoms with E-state index in [1.165, 1.54) is 4.68 Å². The van der Waals surface area contributed by atoms with E-state index in [-0.39, 0.29) is 12.3 Å². The lowest BCUT2D eigenvalue weighted by Gasteiger charge is -1.97. The molecule has 0 bridgehead atoms. The van der Waals surface area contributed by atoms with Crippen LogP contribution in [-0.4, -0.2) is 15.7 Å². The van der Waals surface area contributed by atoms with Gasteiger partial charge in [-0.15, -0.1) is 0 Å². The van der Waals surface area contributed by atoms with Crippen molar-refractivity contribution < 1.29 is 4.79 Å². The minimum atomic E-state index is -0.299. The topological polar surface area (TPSA) is 58.7 Å². The van der Waals surface area contributed by atoms with Crippen LogP contribution in [0.5, 0.6) is 0 Å². The zero-order valence-corrected chi connectivity index (χ0v) is 9.42. The average molecular weight is 225 g/mol. The Hall–Kier alpha value is -2.41. The van der Waals surface area contributed by atoms with Gasteiger partial charge in [-0.3, -0.25) is 4.79 Å². The standard InChI is InChI=1S/C13H11N3O/c1-10-9-12(11-5-3-2-4-6-11)15-16(10)13(17)7-8-14/h2-6,9H,7H2,1H3. The first-order valence-corrected chi connectivity index (χ1v) is 5.24. The molecule has 0 fully saturated rings. The summed E-state index contributed by atoms with van der Waals surface area (Å²) in [6.45, 7) is 1.80. The summed E-state index contributed by atoms with van der Waals surface area (Å²) in [6.07, 6.45) is -0.156. The highest BCUT2D eigenvalue weighted by Gasteiger charge is 2.11. The fraction of sp³-hybridized carbons (Fsp3) is 0.154. The van der Waals surface area contributed by atoms with Crippen LogP contribution in [0.3, 0.4) is 0 Å². The van der Waals surface area contributed by atoms with E-state index in [0.29, 0.717) is 0 Å². The van der Waals surface area contributed by atoms with E-state index in [2.05, 4.69) is 5.10 Å². The lowest BCUT2D eigenvalue weighted by molar-refractivity contribution is 0.0901. The number of nitrogens with zero attached hydrogens (tertiary/aromatic N) is 3. The second kappa shape index (κ2) is 4.62. The molecule has 0 aliphatic carbocycles. The lowest BCUT2D eigenvalue weighted by atomic mass is 10.1. The van der Waals surface area contributed by atoms with Crippen LogP contribution in [0.1, 0.15) is 16.9 Å². The second-order valence-corrected chi connectivity index (χ2v) is 3.68. The molecule has 0 amide bonds. The molecule has 0 spiro atoms. The van der Waals surface area contributed by atoms with Crippen molar-refractivity contribution in [3.63, 3.8) is 0 Å². The van der Waals surface area contributed by atoms with Crippen LogP contribution < -0.4 is 0 Å². The van der Waals surface area contributed by atoms with E-state index in [1.807, 2.05) is 42.5 Å². The van der Waals surface area contributed by atoms with Crippen molar-refractivity contribution in [2.75, 3.05) is 0 Å². The van der Waals surface area contributed by atoms with Crippen molar-refractivity contribution in [2.45, 2.75) is 13.3 Å². The van der Waals surface area contributed by atoms with Gasteiger partial charge in [0.25, 0.3) is 5.91 Å². The fourth-order valence-electron chi connectivity index (χ4n) is 1.62. The van der Waals surface area contributed by atoms with Crippen LogP contribution in [-0.2, 0) is 0 Å². The van der Waals surface area contributed by atoms with Crippen molar-refractivity contribution in [2.24, 2.45) is 0 Å². The second-order valence-electron chi connectivity index (χ2n) is 3.68. The number of hydrogen-bond acceptors (Lipinski definition) is 3. The van der Waals surface area contributed by atoms with Crippen molar-refractivity contribution in [1.29, 1.82) is 5.26 Å². The Morgan fingerprint density at radius 2 is 2.12 bits per heavy atom. The van der Waals surface area contributed by atoms with Crippen LogP contribution >= 0.6 is 0 Å². The summed E-state index contributed by atoms with van der Waals surface area (Å²) in [6, 6.07) is 13.3. The Labute approximate surface area is 99.1 Å². The smallest absolute Gasteiger partial charge is 0.261 e. The van der Waals surface area contributed by atoms with Crippen LogP contribution in [0.15, 0.2) is 36.4 Å². The minimum Gasteiger partial charge on any atom is -0.271 e. The summed E-state index contributed by atoms with van der Waals surface area (Å²) in [5.74, 6) is -0.299. The molecule has 4 heteroatoms. The quantitative estimate of drug-likeness (QED) is 0.788. The Kier molecular flexibility index (Phi) is 3.01. The number of hydrogen-bond donors (Lipinski definition) is 0. The molecule has 0 unspecified atom stereocenters. The normalized spacial score (nSPS) is 9.88. The Morgan fingerprint density at radius 3 is 2.76 bits per heavy atom. The van der Waals surface area contributed by atoms with Gasteiger partial charge in [0, 0.05) is 11.3 Å². The van der Waals surface area contributed by atoms with E-state index >= 15 is 0 Å². The first-order chi connectivity index (χ1) is 8.22. The Bertz CT molecular complexity index is 578. The van der Waals surface area contributed by atoms with Gasteiger partial charge in [-0.2, -0.15) is 10.4 Å². The number of rotatable bonds is 2. The lowest BCUT2D eigenvalue weighted by Crippen LogP contribution is -2.12. The zero-order chi connectivity index (χ0) is 12.3. The third-order valence-electron chi connectivity index (χ3n) is 2.42. The van der Waals surface area contributed by atoms with E-state index in [9.17, 15) is 4.79 Å². The molecule has 0 N–H and O–H groups in total. The highest BCUT2D eigenvalue weighted by Crippen LogP contribution is 2.18. The summed E-state index contributed by atoms with van der Waals surface area (Å²) < 4.78 is 1.28. The fourth-order valence-corrected chi connectivity index (χ4v) is 1.62. The molecule has 2 aromatic rings. The largest absolute Gasteiger partial charge is 0.271 e. The molecule has 4 nitrogen and oxygen atoms in total. The minimum absolute atomic E-state index is 0.156. The van der Waals surface area contributed by atoms with Gasteiger partial charge in [0.05, 0.1) is 11.8 Å². The molecule has 0 saturated carbocycles. The Morgan fingerprint density at radius 1 is 1.41 bits per heavy atom. The zero-order valence-electron chi connectivity index (χ0n) is 9.42. The summed E-state index contributed by atoms with van der Waals surface area (Å²) >= 11 is 0. The van der Waals surface area contributed by atoms with Crippen LogP contribution in [0.4, 0.5) is 0 Å². The highest BCUT2D eigenvalue weighted by molar-refractivity contribution is 5.81. The van der Waals surface area contributed by atoms with Gasteiger partial charge in [-0.25, -0.2) is 4.68 Å². The molecular weight excluding hydrogens is 214 g/mol. The number of nitriles is 1. The van der Waals surface area contributed by atoms with Gasteiger partial charge >= 0.3 is 0 Å². The van der Waals surface area contributed by atoms with Gasteiger partial charge in [-0.1, -0.05) is 30.3 Å². The molecule has 17 heavy (non-hydrogen) atoms. The van der Waals surface area contributed by atoms with E-state index in [0.717, 1.165) is 17.0 Å². The van der Waals surface area contributed by atoms with Crippen LogP contribution in [0.25, 0.3) is 11.3 Å². The molecule has 0 aliphatic heterocycles. The highest BCUT2D eigenvalue weighted by atomic mass is 16.2. The van der Waals surface area contributed by atoms with Crippen molar-refractivity contribution in [1.82, 2.24) is 9.78 Å². The van der Waals surface area contributed by atoms with Gasteiger partial charge in [-0.05, 0) is 13.0 Å². The number of carbonyl (C=O) groups excluding carboxylic acids is 1. The number of benzene rings is 1. The molecule has 1 aromatic heterocycles. The summed E-state index contributed by atoms with van der Waals surface area (Å²) in [5.41, 5.74) is 2.44. The molecule has 84 valence electrons. The SMILES string of the molecule is Cc1cc(-c2ccccc2)nn1C(=O)CC#N. The molecule has 0 aliphatic rings. The first kappa shape index (κ1) is 11.1. The third kappa shape index (κ3) is 2.23. The maximum Gasteiger partial charge on any atom is 0.261 e. The number of aromatic nitrogens is 2. The molecule has 2 rings (SSSR count). The molecular formula is C13H11N3O. The van der Waals surface area contributed by atoms with Crippen LogP contribution in [0.2, 0.25) is 0 Å². The van der Waals surface area contributed by atoms with Gasteiger partial charge in [0.1, 0.15) is 6.42 Å². The van der Waals surface area contributed by atoms with E-state index < -0.39 is 0 Å². The van der Waals surface area contributed by atoms with Crippen molar-refractivity contribution in [3.8, 4) is 17.3 Å². The predicted molar refractivity (Wildman–Crippen MR) is 63.3 cm³/mol. The van der Waals surface area contributed by atoms with E-state index in [4.69, 9.17) is 5.26 Å². The average Bonchev–Trinajstić information content (AvgIpc) is 2.73. The number of carbonyl (C=O) groups is 1. The van der Waals surface area contributed by atoms with Crippen LogP contribution in [0, 0.1) is 18.3 Å². The maximum absolute atomic E-state index is 11.6. The molecule has 1 heterocycles. The molecule has 1 aromatic carbocycles. The summed E-state index contributed by atoms with van der Waals surface area (Å²) in [4.78, 5) is 11.6. The molecule has 0 saturated heterocycles. The Balaban J connectivity index is 2.38. The monoisotopic (exact) mass is 225 g/mol. The first-order valence-electron chi connectivity index (χ1n) is 5.24. The van der Waals surface area contributed by atoms with Gasteiger partial charge < -0.3 is 0 Å². The summed E-state index contributed by atoms with van der Waals surface area (Å²) in [5, 5.41) is 12.7. The predicted octanol–water partition coefficient (Wildman–Crippen LogP) is 2.41. The molecule has 0 radical (unpaired) electrons. The number of aryl methyl sites for hydroxylation is 1. The van der Waals surface area contributed by atoms with Crippen molar-refractivity contribution >= 4 is 5.91 Å². The third-order valence-corrected chi connectivity index (χ3v) is 2.42. The molecule has 0 atom stereocenters.